The zero-order valence-corrected chi connectivity index (χ0v) is 22.8. The Labute approximate surface area is 190 Å². The van der Waals surface area contributed by atoms with Gasteiger partial charge in [-0.2, -0.15) is 10.0 Å². The van der Waals surface area contributed by atoms with Crippen LogP contribution in [0.1, 0.15) is 68.2 Å². The summed E-state index contributed by atoms with van der Waals surface area (Å²) in [6.45, 7) is 19.9. The van der Waals surface area contributed by atoms with Crippen LogP contribution in [0.25, 0.3) is 0 Å². The first-order valence-electron chi connectivity index (χ1n) is 11.4. The van der Waals surface area contributed by atoms with Gasteiger partial charge < -0.3 is 0 Å². The minimum atomic E-state index is -1.16. The van der Waals surface area contributed by atoms with E-state index >= 15 is 0 Å². The molecule has 170 valence electrons. The molecule has 2 aromatic carbocycles. The zero-order valence-electron chi connectivity index (χ0n) is 21.2. The quantitative estimate of drug-likeness (QED) is 0.379. The topological polar surface area (TPSA) is 0 Å². The van der Waals surface area contributed by atoms with E-state index in [2.05, 4.69) is 129 Å². The highest BCUT2D eigenvalue weighted by Gasteiger charge is 2.43. The molecule has 0 N–H and O–H groups in total. The average Bonchev–Trinajstić information content (AvgIpc) is 2.70. The van der Waals surface area contributed by atoms with E-state index in [-0.39, 0.29) is 4.75 Å². The van der Waals surface area contributed by atoms with Crippen molar-refractivity contribution >= 4 is 20.1 Å². The summed E-state index contributed by atoms with van der Waals surface area (Å²) in [4.78, 5) is 3.01. The van der Waals surface area contributed by atoms with E-state index in [1.165, 1.54) is 22.6 Å². The monoisotopic (exact) mass is 446 g/mol. The van der Waals surface area contributed by atoms with Crippen LogP contribution >= 0.6 is 20.1 Å². The molecule has 0 saturated heterocycles. The van der Waals surface area contributed by atoms with Crippen molar-refractivity contribution in [3.63, 3.8) is 0 Å². The lowest BCUT2D eigenvalue weighted by Gasteiger charge is -2.57. The first kappa shape index (κ1) is 25.4. The second-order valence-electron chi connectivity index (χ2n) is 10.9. The van der Waals surface area contributed by atoms with Crippen LogP contribution in [0.5, 0.6) is 0 Å². The number of rotatable bonds is 8. The first-order valence-corrected chi connectivity index (χ1v) is 15.6. The largest absolute Gasteiger partial charge is 0.234 e. The molecule has 2 heteroatoms. The van der Waals surface area contributed by atoms with Gasteiger partial charge in [0.2, 0.25) is 0 Å². The van der Waals surface area contributed by atoms with Gasteiger partial charge in [0.25, 0.3) is 0 Å². The van der Waals surface area contributed by atoms with Crippen LogP contribution in [0.3, 0.4) is 0 Å². The molecule has 30 heavy (non-hydrogen) atoms. The Bertz CT molecular complexity index is 747. The molecule has 0 nitrogen and oxygen atoms in total. The van der Waals surface area contributed by atoms with Crippen LogP contribution in [0, 0.1) is 0 Å². The van der Waals surface area contributed by atoms with Gasteiger partial charge in [-0.05, 0) is 74.7 Å². The molecule has 2 rings (SSSR count). The summed E-state index contributed by atoms with van der Waals surface area (Å²) in [7, 11) is -1.90. The second-order valence-corrected chi connectivity index (χ2v) is 19.8. The maximum absolute atomic E-state index is 2.61. The van der Waals surface area contributed by atoms with Gasteiger partial charge in [-0.25, -0.2) is 10.0 Å². The van der Waals surface area contributed by atoms with Crippen molar-refractivity contribution in [3.05, 3.63) is 60.7 Å². The molecule has 0 aromatic heterocycles. The van der Waals surface area contributed by atoms with Crippen molar-refractivity contribution in [2.45, 2.75) is 98.0 Å². The van der Waals surface area contributed by atoms with Crippen LogP contribution in [0.15, 0.2) is 70.5 Å². The Balaban J connectivity index is 2.41. The highest BCUT2D eigenvalue weighted by molar-refractivity contribution is 8.35. The fourth-order valence-corrected chi connectivity index (χ4v) is 12.6. The fraction of sp³-hybridized carbons (Fsp3) is 0.571. The molecule has 0 fully saturated rings. The summed E-state index contributed by atoms with van der Waals surface area (Å²) in [5, 5.41) is 1.50. The predicted octanol–water partition coefficient (Wildman–Crippen LogP) is 9.13. The highest BCUT2D eigenvalue weighted by atomic mass is 32.3. The van der Waals surface area contributed by atoms with Gasteiger partial charge in [0.15, 0.2) is 0 Å². The van der Waals surface area contributed by atoms with Gasteiger partial charge >= 0.3 is 0 Å². The Morgan fingerprint density at radius 1 is 0.700 bits per heavy atom. The Hall–Kier alpha value is -0.860. The van der Waals surface area contributed by atoms with Gasteiger partial charge in [0.05, 0.1) is 0 Å². The van der Waals surface area contributed by atoms with E-state index in [1.807, 2.05) is 0 Å². The van der Waals surface area contributed by atoms with Gasteiger partial charge in [0, 0.05) is 4.75 Å². The smallest absolute Gasteiger partial charge is 0.00208 e. The molecule has 2 unspecified atom stereocenters. The van der Waals surface area contributed by atoms with Crippen molar-refractivity contribution in [3.8, 4) is 0 Å². The summed E-state index contributed by atoms with van der Waals surface area (Å²) in [5.74, 6) is 0. The normalized spacial score (nSPS) is 18.0. The summed E-state index contributed by atoms with van der Waals surface area (Å²) in [6, 6.07) is 22.5. The van der Waals surface area contributed by atoms with Crippen molar-refractivity contribution in [1.82, 2.24) is 0 Å². The van der Waals surface area contributed by atoms with Crippen molar-refractivity contribution in [2.24, 2.45) is 0 Å². The van der Waals surface area contributed by atoms with E-state index in [0.29, 0.717) is 4.75 Å². The molecule has 0 aliphatic rings. The molecule has 0 aliphatic heterocycles. The average molecular weight is 447 g/mol. The lowest BCUT2D eigenvalue weighted by atomic mass is 10.1. The Morgan fingerprint density at radius 2 is 1.10 bits per heavy atom. The van der Waals surface area contributed by atoms with E-state index in [0.717, 1.165) is 10.5 Å². The van der Waals surface area contributed by atoms with Gasteiger partial charge in [-0.1, -0.05) is 91.8 Å². The van der Waals surface area contributed by atoms with Crippen LogP contribution in [-0.4, -0.2) is 32.5 Å². The molecule has 2 aromatic rings. The lowest BCUT2D eigenvalue weighted by Crippen LogP contribution is -2.38. The van der Waals surface area contributed by atoms with Crippen molar-refractivity contribution < 1.29 is 0 Å². The summed E-state index contributed by atoms with van der Waals surface area (Å²) >= 11 is 0. The maximum Gasteiger partial charge on any atom is 0.00208 e. The number of hydrogen-bond acceptors (Lipinski definition) is 0. The van der Waals surface area contributed by atoms with Gasteiger partial charge in [0.1, 0.15) is 0 Å². The van der Waals surface area contributed by atoms with Gasteiger partial charge in [-0.3, -0.25) is 0 Å². The van der Waals surface area contributed by atoms with E-state index in [1.54, 1.807) is 0 Å². The molecule has 0 spiro atoms. The third-order valence-corrected chi connectivity index (χ3v) is 19.2. The first-order chi connectivity index (χ1) is 13.8. The van der Waals surface area contributed by atoms with E-state index in [9.17, 15) is 0 Å². The molecule has 0 aliphatic carbocycles. The zero-order chi connectivity index (χ0) is 22.8. The highest BCUT2D eigenvalue weighted by Crippen LogP contribution is 2.70. The minimum Gasteiger partial charge on any atom is -0.234 e. The van der Waals surface area contributed by atoms with Crippen molar-refractivity contribution in [2.75, 3.05) is 12.5 Å². The summed E-state index contributed by atoms with van der Waals surface area (Å²) in [5.41, 5.74) is 0. The number of hydrogen-bond donors (Lipinski definition) is 0. The Kier molecular flexibility index (Phi) is 7.90. The Morgan fingerprint density at radius 3 is 1.43 bits per heavy atom. The summed E-state index contributed by atoms with van der Waals surface area (Å²) < 4.78 is 0.596. The predicted molar refractivity (Wildman–Crippen MR) is 144 cm³/mol. The molecule has 0 amide bonds. The second kappa shape index (κ2) is 9.33. The molecule has 0 heterocycles. The number of benzene rings is 2. The molecule has 0 radical (unpaired) electrons. The maximum atomic E-state index is 2.61. The van der Waals surface area contributed by atoms with Crippen LogP contribution < -0.4 is 0 Å². The molecular weight excluding hydrogens is 400 g/mol. The lowest BCUT2D eigenvalue weighted by molar-refractivity contribution is 0.582. The SMILES string of the molecule is CC(C)S(C)(C(C)CCC(C)(C)S(C)(c1ccccc1)c1ccccc1)C(C)(C)C. The third kappa shape index (κ3) is 4.65. The fourth-order valence-electron chi connectivity index (χ4n) is 4.93. The molecular formula is C28H46S2. The third-order valence-electron chi connectivity index (χ3n) is 7.82. The van der Waals surface area contributed by atoms with E-state index in [4.69, 9.17) is 0 Å². The van der Waals surface area contributed by atoms with Crippen LogP contribution in [-0.2, 0) is 0 Å². The molecule has 0 bridgehead atoms. The van der Waals surface area contributed by atoms with Crippen LogP contribution in [0.2, 0.25) is 0 Å². The summed E-state index contributed by atoms with van der Waals surface area (Å²) in [6.07, 6.45) is 7.71. The van der Waals surface area contributed by atoms with Crippen molar-refractivity contribution in [1.29, 1.82) is 0 Å². The standard InChI is InChI=1S/C28H46S2/c1-23(2)29(9,27(4,5)6)24(3)21-22-28(7,8)30(10,25-17-13-11-14-18-25)26-19-15-12-16-20-26/h11-20,23-24H,21-22H2,1-10H3. The molecule has 2 atom stereocenters. The minimum absolute atomic E-state index is 0.221. The molecule has 0 saturated carbocycles. The van der Waals surface area contributed by atoms with E-state index < -0.39 is 20.1 Å². The van der Waals surface area contributed by atoms with Crippen LogP contribution in [0.4, 0.5) is 0 Å². The van der Waals surface area contributed by atoms with Gasteiger partial charge in [-0.15, -0.1) is 0 Å².